The van der Waals surface area contributed by atoms with E-state index in [-0.39, 0.29) is 18.3 Å². The number of carbonyl (C=O) groups is 1. The van der Waals surface area contributed by atoms with Crippen LogP contribution in [0.5, 0.6) is 0 Å². The van der Waals surface area contributed by atoms with Crippen molar-refractivity contribution < 1.29 is 14.6 Å². The number of nitrogens with one attached hydrogen (secondary N) is 2. The van der Waals surface area contributed by atoms with E-state index < -0.39 is 17.2 Å². The number of carbonyl (C=O) groups excluding carboxylic acids is 1. The molecule has 0 aliphatic carbocycles. The molecular formula is C20H26ClN3O3. The molecule has 2 fully saturated rings. The number of pyridine rings is 1. The maximum Gasteiger partial charge on any atom is 0.270 e. The topological polar surface area (TPSA) is 83.5 Å². The summed E-state index contributed by atoms with van der Waals surface area (Å²) in [5, 5.41) is 19.4. The van der Waals surface area contributed by atoms with Gasteiger partial charge in [-0.2, -0.15) is 0 Å². The van der Waals surface area contributed by atoms with Crippen LogP contribution in [0.4, 0.5) is 0 Å². The lowest BCUT2D eigenvalue weighted by Gasteiger charge is -2.52. The van der Waals surface area contributed by atoms with Gasteiger partial charge < -0.3 is 20.5 Å². The second-order valence-corrected chi connectivity index (χ2v) is 7.60. The molecule has 1 spiro atoms. The van der Waals surface area contributed by atoms with Gasteiger partial charge >= 0.3 is 0 Å². The fourth-order valence-corrected chi connectivity index (χ4v) is 4.19. The third-order valence-corrected chi connectivity index (χ3v) is 5.83. The van der Waals surface area contributed by atoms with Crippen molar-refractivity contribution in [3.05, 3.63) is 42.2 Å². The first kappa shape index (κ1) is 20.0. The van der Waals surface area contributed by atoms with Crippen LogP contribution in [0.3, 0.4) is 0 Å². The first-order valence-electron chi connectivity index (χ1n) is 9.23. The van der Waals surface area contributed by atoms with Crippen LogP contribution < -0.4 is 10.6 Å². The molecule has 4 rings (SSSR count). The molecule has 27 heavy (non-hydrogen) atoms. The number of aliphatic hydroxyl groups excluding tert-OH is 1. The highest BCUT2D eigenvalue weighted by molar-refractivity contribution is 5.96. The number of benzene rings is 1. The summed E-state index contributed by atoms with van der Waals surface area (Å²) in [5.74, 6) is -0.261. The normalized spacial score (nSPS) is 27.1. The van der Waals surface area contributed by atoms with Crippen LogP contribution in [0.1, 0.15) is 36.7 Å². The Morgan fingerprint density at radius 1 is 1.26 bits per heavy atom. The molecular weight excluding hydrogens is 366 g/mol. The Balaban J connectivity index is 0.00000210. The minimum Gasteiger partial charge on any atom is -0.388 e. The quantitative estimate of drug-likeness (QED) is 0.729. The highest BCUT2D eigenvalue weighted by Crippen LogP contribution is 2.38. The number of rotatable bonds is 2. The fraction of sp³-hybridized carbons (Fsp3) is 0.500. The van der Waals surface area contributed by atoms with Gasteiger partial charge in [0.25, 0.3) is 5.91 Å². The van der Waals surface area contributed by atoms with Gasteiger partial charge in [-0.05, 0) is 50.7 Å². The molecule has 1 amide bonds. The standard InChI is InChI=1S/C20H25N3O3.ClH/c1-19(8-11-26-20(18(19)25)6-9-21-10-7-20)23-17(24)16-12-14-4-2-3-5-15(14)13-22-16;/h2-5,12-13,18,21,25H,6-11H2,1H3,(H,23,24);1H/t18-,19+;/m0./s1. The van der Waals surface area contributed by atoms with Crippen LogP contribution in [-0.4, -0.2) is 52.9 Å². The number of aromatic nitrogens is 1. The smallest absolute Gasteiger partial charge is 0.270 e. The van der Waals surface area contributed by atoms with Crippen LogP contribution in [0.15, 0.2) is 36.5 Å². The van der Waals surface area contributed by atoms with E-state index in [9.17, 15) is 9.90 Å². The molecule has 2 aliphatic heterocycles. The lowest BCUT2D eigenvalue weighted by atomic mass is 9.73. The zero-order valence-corrected chi connectivity index (χ0v) is 16.2. The van der Waals surface area contributed by atoms with Crippen molar-refractivity contribution in [1.82, 2.24) is 15.6 Å². The van der Waals surface area contributed by atoms with E-state index in [1.165, 1.54) is 0 Å². The molecule has 2 aliphatic rings. The number of nitrogens with zero attached hydrogens (tertiary/aromatic N) is 1. The first-order chi connectivity index (χ1) is 12.5. The monoisotopic (exact) mass is 391 g/mol. The number of fused-ring (bicyclic) bond motifs is 1. The number of aliphatic hydroxyl groups is 1. The molecule has 1 aromatic carbocycles. The Labute approximate surface area is 165 Å². The average Bonchev–Trinajstić information content (AvgIpc) is 2.66. The summed E-state index contributed by atoms with van der Waals surface area (Å²) < 4.78 is 6.00. The SMILES string of the molecule is C[C@@]1(NC(=O)c2cc3ccccc3cn2)CCOC2(CCNCC2)[C@H]1O.Cl. The van der Waals surface area contributed by atoms with E-state index in [4.69, 9.17) is 4.74 Å². The van der Waals surface area contributed by atoms with Crippen molar-refractivity contribution in [3.8, 4) is 0 Å². The Morgan fingerprint density at radius 3 is 2.70 bits per heavy atom. The zero-order valence-electron chi connectivity index (χ0n) is 15.4. The number of halogens is 1. The summed E-state index contributed by atoms with van der Waals surface area (Å²) in [5.41, 5.74) is -0.953. The van der Waals surface area contributed by atoms with Crippen LogP contribution in [-0.2, 0) is 4.74 Å². The van der Waals surface area contributed by atoms with Crippen molar-refractivity contribution in [1.29, 1.82) is 0 Å². The van der Waals surface area contributed by atoms with Crippen molar-refractivity contribution in [3.63, 3.8) is 0 Å². The minimum atomic E-state index is -0.754. The molecule has 0 saturated carbocycles. The predicted molar refractivity (Wildman–Crippen MR) is 106 cm³/mol. The number of hydrogen-bond acceptors (Lipinski definition) is 5. The largest absolute Gasteiger partial charge is 0.388 e. The molecule has 2 aromatic rings. The average molecular weight is 392 g/mol. The van der Waals surface area contributed by atoms with Crippen molar-refractivity contribution in [2.24, 2.45) is 0 Å². The molecule has 3 heterocycles. The molecule has 6 nitrogen and oxygen atoms in total. The molecule has 3 N–H and O–H groups in total. The van der Waals surface area contributed by atoms with Gasteiger partial charge in [-0.3, -0.25) is 9.78 Å². The Bertz CT molecular complexity index is 819. The van der Waals surface area contributed by atoms with Crippen LogP contribution >= 0.6 is 12.4 Å². The van der Waals surface area contributed by atoms with Crippen LogP contribution in [0.25, 0.3) is 10.8 Å². The Kier molecular flexibility index (Phi) is 5.72. The second-order valence-electron chi connectivity index (χ2n) is 7.60. The van der Waals surface area contributed by atoms with Gasteiger partial charge in [0.1, 0.15) is 11.8 Å². The molecule has 0 bridgehead atoms. The minimum absolute atomic E-state index is 0. The Morgan fingerprint density at radius 2 is 1.96 bits per heavy atom. The molecule has 2 atom stereocenters. The van der Waals surface area contributed by atoms with E-state index in [0.29, 0.717) is 18.7 Å². The van der Waals surface area contributed by atoms with E-state index in [1.54, 1.807) is 12.3 Å². The van der Waals surface area contributed by atoms with E-state index in [0.717, 1.165) is 36.7 Å². The number of hydrogen-bond donors (Lipinski definition) is 3. The van der Waals surface area contributed by atoms with Gasteiger partial charge in [0, 0.05) is 18.2 Å². The van der Waals surface area contributed by atoms with Crippen LogP contribution in [0.2, 0.25) is 0 Å². The molecule has 7 heteroatoms. The van der Waals surface area contributed by atoms with Crippen molar-refractivity contribution in [2.45, 2.75) is 43.4 Å². The predicted octanol–water partition coefficient (Wildman–Crippen LogP) is 2.05. The van der Waals surface area contributed by atoms with Crippen molar-refractivity contribution in [2.75, 3.05) is 19.7 Å². The lowest BCUT2D eigenvalue weighted by molar-refractivity contribution is -0.197. The van der Waals surface area contributed by atoms with Gasteiger partial charge in [0.15, 0.2) is 0 Å². The molecule has 2 saturated heterocycles. The lowest BCUT2D eigenvalue weighted by Crippen LogP contribution is -2.69. The molecule has 0 radical (unpaired) electrons. The van der Waals surface area contributed by atoms with Gasteiger partial charge in [-0.15, -0.1) is 12.4 Å². The van der Waals surface area contributed by atoms with Gasteiger partial charge in [0.2, 0.25) is 0 Å². The first-order valence-corrected chi connectivity index (χ1v) is 9.23. The molecule has 0 unspecified atom stereocenters. The maximum absolute atomic E-state index is 12.8. The zero-order chi connectivity index (χ0) is 18.2. The van der Waals surface area contributed by atoms with E-state index in [1.807, 2.05) is 31.2 Å². The summed E-state index contributed by atoms with van der Waals surface area (Å²) in [6, 6.07) is 9.60. The third kappa shape index (κ3) is 3.67. The fourth-order valence-electron chi connectivity index (χ4n) is 4.19. The summed E-state index contributed by atoms with van der Waals surface area (Å²) in [6.07, 6.45) is 3.02. The highest BCUT2D eigenvalue weighted by Gasteiger charge is 2.53. The summed E-state index contributed by atoms with van der Waals surface area (Å²) in [4.78, 5) is 17.1. The van der Waals surface area contributed by atoms with Crippen molar-refractivity contribution >= 4 is 29.1 Å². The van der Waals surface area contributed by atoms with Crippen LogP contribution in [0, 0.1) is 0 Å². The van der Waals surface area contributed by atoms with Gasteiger partial charge in [-0.25, -0.2) is 0 Å². The third-order valence-electron chi connectivity index (χ3n) is 5.83. The number of piperidine rings is 1. The highest BCUT2D eigenvalue weighted by atomic mass is 35.5. The Hall–Kier alpha value is -1.73. The molecule has 1 aromatic heterocycles. The number of ether oxygens (including phenoxy) is 1. The second kappa shape index (κ2) is 7.72. The van der Waals surface area contributed by atoms with E-state index >= 15 is 0 Å². The van der Waals surface area contributed by atoms with Gasteiger partial charge in [-0.1, -0.05) is 24.3 Å². The summed E-state index contributed by atoms with van der Waals surface area (Å²) in [7, 11) is 0. The summed E-state index contributed by atoms with van der Waals surface area (Å²) >= 11 is 0. The van der Waals surface area contributed by atoms with Gasteiger partial charge in [0.05, 0.1) is 11.1 Å². The summed E-state index contributed by atoms with van der Waals surface area (Å²) in [6.45, 7) is 4.06. The maximum atomic E-state index is 12.8. The molecule has 146 valence electrons. The number of amides is 1. The van der Waals surface area contributed by atoms with E-state index in [2.05, 4.69) is 15.6 Å².